The van der Waals surface area contributed by atoms with E-state index in [0.717, 1.165) is 11.1 Å². The zero-order valence-corrected chi connectivity index (χ0v) is 11.6. The molecule has 3 N–H and O–H groups in total. The highest BCUT2D eigenvalue weighted by molar-refractivity contribution is 9.10. The van der Waals surface area contributed by atoms with Crippen molar-refractivity contribution in [1.29, 1.82) is 0 Å². The molecule has 0 aliphatic carbocycles. The molecule has 96 valence electrons. The van der Waals surface area contributed by atoms with Crippen LogP contribution in [0.15, 0.2) is 39.4 Å². The number of nitrogens with one attached hydrogen (secondary N) is 1. The van der Waals surface area contributed by atoms with Crippen molar-refractivity contribution < 1.29 is 8.81 Å². The molecule has 1 unspecified atom stereocenters. The Morgan fingerprint density at radius 1 is 1.44 bits per heavy atom. The van der Waals surface area contributed by atoms with Crippen molar-refractivity contribution in [2.45, 2.75) is 12.5 Å². The predicted molar refractivity (Wildman–Crippen MR) is 71.6 cm³/mol. The van der Waals surface area contributed by atoms with Gasteiger partial charge < -0.3 is 4.42 Å². The average molecular weight is 334 g/mol. The van der Waals surface area contributed by atoms with Gasteiger partial charge in [-0.2, -0.15) is 0 Å². The molecule has 0 spiro atoms. The van der Waals surface area contributed by atoms with Gasteiger partial charge in [-0.15, -0.1) is 0 Å². The van der Waals surface area contributed by atoms with Crippen LogP contribution in [0.1, 0.15) is 17.2 Å². The van der Waals surface area contributed by atoms with Crippen LogP contribution in [0, 0.1) is 5.82 Å². The molecule has 2 rings (SSSR count). The summed E-state index contributed by atoms with van der Waals surface area (Å²) in [5.41, 5.74) is 4.21. The third kappa shape index (κ3) is 3.11. The molecule has 0 radical (unpaired) electrons. The highest BCUT2D eigenvalue weighted by Gasteiger charge is 2.16. The summed E-state index contributed by atoms with van der Waals surface area (Å²) >= 11 is 9.15. The van der Waals surface area contributed by atoms with E-state index in [-0.39, 0.29) is 17.1 Å². The van der Waals surface area contributed by atoms with Crippen LogP contribution in [-0.2, 0) is 6.42 Å². The van der Waals surface area contributed by atoms with Gasteiger partial charge in [-0.1, -0.05) is 15.9 Å². The van der Waals surface area contributed by atoms with Crippen molar-refractivity contribution in [3.63, 3.8) is 0 Å². The van der Waals surface area contributed by atoms with Gasteiger partial charge in [-0.3, -0.25) is 11.3 Å². The summed E-state index contributed by atoms with van der Waals surface area (Å²) in [6, 6.07) is 6.20. The van der Waals surface area contributed by atoms with Crippen molar-refractivity contribution in [2.24, 2.45) is 5.84 Å². The second-order valence-corrected chi connectivity index (χ2v) is 5.11. The van der Waals surface area contributed by atoms with Gasteiger partial charge in [0.1, 0.15) is 5.82 Å². The van der Waals surface area contributed by atoms with E-state index in [0.29, 0.717) is 10.9 Å². The number of hydrogen-bond donors (Lipinski definition) is 2. The van der Waals surface area contributed by atoms with Gasteiger partial charge in [0.05, 0.1) is 12.3 Å². The molecule has 6 heteroatoms. The third-order valence-electron chi connectivity index (χ3n) is 2.58. The second kappa shape index (κ2) is 5.84. The van der Waals surface area contributed by atoms with Crippen LogP contribution in [0.25, 0.3) is 0 Å². The summed E-state index contributed by atoms with van der Waals surface area (Å²) in [5, 5.41) is 0.286. The number of hydrazine groups is 1. The largest absolute Gasteiger partial charge is 0.453 e. The van der Waals surface area contributed by atoms with E-state index in [9.17, 15) is 4.39 Å². The molecule has 1 aromatic heterocycles. The average Bonchev–Trinajstić information content (AvgIpc) is 2.71. The van der Waals surface area contributed by atoms with Crippen LogP contribution in [0.5, 0.6) is 0 Å². The van der Waals surface area contributed by atoms with E-state index in [1.54, 1.807) is 6.07 Å². The molecule has 0 saturated heterocycles. The van der Waals surface area contributed by atoms with Gasteiger partial charge in [0.2, 0.25) is 0 Å². The van der Waals surface area contributed by atoms with Crippen molar-refractivity contribution in [3.8, 4) is 0 Å². The summed E-state index contributed by atoms with van der Waals surface area (Å²) in [7, 11) is 0. The fourth-order valence-electron chi connectivity index (χ4n) is 1.78. The summed E-state index contributed by atoms with van der Waals surface area (Å²) in [6.07, 6.45) is 2.00. The molecule has 0 aliphatic rings. The fraction of sp³-hybridized carbons (Fsp3) is 0.167. The Balaban J connectivity index is 2.23. The first kappa shape index (κ1) is 13.5. The maximum absolute atomic E-state index is 13.3. The van der Waals surface area contributed by atoms with Crippen LogP contribution in [0.2, 0.25) is 5.22 Å². The maximum Gasteiger partial charge on any atom is 0.197 e. The summed E-state index contributed by atoms with van der Waals surface area (Å²) in [5.74, 6) is 5.20. The van der Waals surface area contributed by atoms with Crippen LogP contribution in [-0.4, -0.2) is 0 Å². The molecule has 1 atom stereocenters. The minimum Gasteiger partial charge on any atom is -0.453 e. The van der Waals surface area contributed by atoms with Gasteiger partial charge in [-0.25, -0.2) is 4.39 Å². The molecule has 0 fully saturated rings. The molecule has 18 heavy (non-hydrogen) atoms. The van der Waals surface area contributed by atoms with Gasteiger partial charge in [0, 0.05) is 10.0 Å². The third-order valence-corrected chi connectivity index (χ3v) is 3.35. The van der Waals surface area contributed by atoms with E-state index < -0.39 is 0 Å². The Labute approximate surface area is 117 Å². The van der Waals surface area contributed by atoms with E-state index in [1.807, 2.05) is 6.07 Å². The second-order valence-electron chi connectivity index (χ2n) is 3.85. The van der Waals surface area contributed by atoms with E-state index in [2.05, 4.69) is 21.4 Å². The Hall–Kier alpha value is -0.880. The quantitative estimate of drug-likeness (QED) is 0.664. The summed E-state index contributed by atoms with van der Waals surface area (Å²) in [4.78, 5) is 0. The van der Waals surface area contributed by atoms with Gasteiger partial charge >= 0.3 is 0 Å². The predicted octanol–water partition coefficient (Wildman–Crippen LogP) is 3.58. The standard InChI is InChI=1S/C12H11BrClFN2O/c13-8-3-7(4-9(15)6-8)5-11(17-16)10-1-2-18-12(10)14/h1-4,6,11,17H,5,16H2. The SMILES string of the molecule is NNC(Cc1cc(F)cc(Br)c1)c1ccoc1Cl. The van der Waals surface area contributed by atoms with E-state index >= 15 is 0 Å². The van der Waals surface area contributed by atoms with Crippen molar-refractivity contribution in [3.05, 3.63) is 57.2 Å². The smallest absolute Gasteiger partial charge is 0.197 e. The zero-order chi connectivity index (χ0) is 13.1. The van der Waals surface area contributed by atoms with Gasteiger partial charge in [0.15, 0.2) is 5.22 Å². The Morgan fingerprint density at radius 2 is 2.22 bits per heavy atom. The monoisotopic (exact) mass is 332 g/mol. The van der Waals surface area contributed by atoms with E-state index in [4.69, 9.17) is 21.9 Å². The molecule has 0 aliphatic heterocycles. The highest BCUT2D eigenvalue weighted by atomic mass is 79.9. The number of benzene rings is 1. The number of furan rings is 1. The normalized spacial score (nSPS) is 12.7. The molecule has 0 saturated carbocycles. The number of rotatable bonds is 4. The van der Waals surface area contributed by atoms with Crippen molar-refractivity contribution in [2.75, 3.05) is 0 Å². The van der Waals surface area contributed by atoms with Crippen LogP contribution in [0.4, 0.5) is 4.39 Å². The lowest BCUT2D eigenvalue weighted by atomic mass is 10.0. The first-order chi connectivity index (χ1) is 8.60. The highest BCUT2D eigenvalue weighted by Crippen LogP contribution is 2.27. The number of halogens is 3. The Bertz CT molecular complexity index is 526. The Morgan fingerprint density at radius 3 is 2.78 bits per heavy atom. The minimum absolute atomic E-state index is 0.232. The number of nitrogens with two attached hydrogens (primary N) is 1. The fourth-order valence-corrected chi connectivity index (χ4v) is 2.54. The minimum atomic E-state index is -0.298. The zero-order valence-electron chi connectivity index (χ0n) is 9.29. The van der Waals surface area contributed by atoms with Crippen LogP contribution < -0.4 is 11.3 Å². The topological polar surface area (TPSA) is 51.2 Å². The number of hydrogen-bond acceptors (Lipinski definition) is 3. The molecule has 1 heterocycles. The summed E-state index contributed by atoms with van der Waals surface area (Å²) in [6.45, 7) is 0. The first-order valence-electron chi connectivity index (χ1n) is 5.24. The maximum atomic E-state index is 13.3. The van der Waals surface area contributed by atoms with E-state index in [1.165, 1.54) is 18.4 Å². The summed E-state index contributed by atoms with van der Waals surface area (Å²) < 4.78 is 19.0. The molecular weight excluding hydrogens is 322 g/mol. The van der Waals surface area contributed by atoms with Gasteiger partial charge in [0.25, 0.3) is 0 Å². The molecular formula is C12H11BrClFN2O. The van der Waals surface area contributed by atoms with Crippen molar-refractivity contribution in [1.82, 2.24) is 5.43 Å². The molecule has 2 aromatic rings. The molecule has 0 bridgehead atoms. The van der Waals surface area contributed by atoms with Crippen LogP contribution in [0.3, 0.4) is 0 Å². The van der Waals surface area contributed by atoms with Crippen molar-refractivity contribution >= 4 is 27.5 Å². The lowest BCUT2D eigenvalue weighted by molar-refractivity contribution is 0.525. The Kier molecular flexibility index (Phi) is 4.40. The molecule has 0 amide bonds. The van der Waals surface area contributed by atoms with Gasteiger partial charge in [-0.05, 0) is 47.9 Å². The lowest BCUT2D eigenvalue weighted by Gasteiger charge is -2.15. The first-order valence-corrected chi connectivity index (χ1v) is 6.41. The van der Waals surface area contributed by atoms with Crippen LogP contribution >= 0.6 is 27.5 Å². The lowest BCUT2D eigenvalue weighted by Crippen LogP contribution is -2.29. The molecule has 3 nitrogen and oxygen atoms in total. The molecule has 1 aromatic carbocycles.